The van der Waals surface area contributed by atoms with Crippen molar-refractivity contribution in [3.05, 3.63) is 0 Å². The van der Waals surface area contributed by atoms with E-state index in [9.17, 15) is 0 Å². The number of hydrogen-bond acceptors (Lipinski definition) is 0. The number of alkyl halides is 1. The molecule has 1 aliphatic rings. The van der Waals surface area contributed by atoms with Crippen molar-refractivity contribution in [2.45, 2.75) is 6.42 Å². The van der Waals surface area contributed by atoms with Crippen LogP contribution in [0.1, 0.15) is 6.42 Å². The Bertz CT molecular complexity index is 32.5. The van der Waals surface area contributed by atoms with Crippen LogP contribution in [0.25, 0.3) is 0 Å². The highest BCUT2D eigenvalue weighted by molar-refractivity contribution is 14.2. The molecule has 0 bridgehead atoms. The molecule has 0 amide bonds. The van der Waals surface area contributed by atoms with Crippen LogP contribution in [0.15, 0.2) is 0 Å². The lowest BCUT2D eigenvalue weighted by Gasteiger charge is -1.91. The average molecular weight is 168 g/mol. The van der Waals surface area contributed by atoms with E-state index < -0.39 is 0 Å². The zero-order valence-corrected chi connectivity index (χ0v) is 4.53. The van der Waals surface area contributed by atoms with Gasteiger partial charge in [0.05, 0.1) is 0 Å². The highest BCUT2D eigenvalue weighted by atomic mass is 127. The quantitative estimate of drug-likeness (QED) is 0.376. The van der Waals surface area contributed by atoms with Gasteiger partial charge in [0.2, 0.25) is 0 Å². The largest absolute Gasteiger partial charge is 0.127 e. The van der Waals surface area contributed by atoms with Gasteiger partial charge in [-0.25, -0.2) is 0 Å². The molecule has 0 N–H and O–H groups in total. The molecule has 0 spiro atoms. The van der Waals surface area contributed by atoms with E-state index in [0.717, 1.165) is 0 Å². The molecule has 0 aromatic carbocycles. The van der Waals surface area contributed by atoms with E-state index in [1.165, 1.54) is 6.42 Å². The van der Waals surface area contributed by atoms with Crippen LogP contribution in [-0.4, -0.2) is 8.44 Å². The molecular formula is C3H5I. The minimum absolute atomic E-state index is 0.666. The van der Waals surface area contributed by atoms with E-state index in [4.69, 9.17) is 0 Å². The van der Waals surface area contributed by atoms with Gasteiger partial charge < -0.3 is 0 Å². The highest BCUT2D eigenvalue weighted by Crippen LogP contribution is 2.07. The molecule has 1 heteroatoms. The Labute approximate surface area is 36.0 Å². The van der Waals surface area contributed by atoms with Gasteiger partial charge in [-0.2, -0.15) is 0 Å². The second-order valence-electron chi connectivity index (χ2n) is 0.786. The van der Waals surface area contributed by atoms with Crippen molar-refractivity contribution in [3.63, 3.8) is 0 Å². The molecule has 0 saturated carbocycles. The Morgan fingerprint density at radius 2 is 2.00 bits per heavy atom. The van der Waals surface area contributed by atoms with Crippen molar-refractivity contribution in [2.24, 2.45) is 0 Å². The zero-order chi connectivity index (χ0) is 2.83. The molecule has 24 valence electrons. The summed E-state index contributed by atoms with van der Waals surface area (Å²) < 4.78 is 3.97. The third-order valence-corrected chi connectivity index (χ3v) is 2.93. The molecule has 1 rings (SSSR count). The van der Waals surface area contributed by atoms with Gasteiger partial charge in [0.25, 0.3) is 0 Å². The van der Waals surface area contributed by atoms with Crippen molar-refractivity contribution in [1.82, 2.24) is 0 Å². The van der Waals surface area contributed by atoms with Gasteiger partial charge in [-0.15, -0.1) is 20.7 Å². The first kappa shape index (κ1) is 2.82. The standard InChI is InChI=1S/C3H5I/c1-2-4-3-1/h2H,1,3H2. The summed E-state index contributed by atoms with van der Waals surface area (Å²) >= 11 is 0.666. The van der Waals surface area contributed by atoms with Gasteiger partial charge >= 0.3 is 0 Å². The summed E-state index contributed by atoms with van der Waals surface area (Å²) in [5, 5.41) is 0. The fourth-order valence-electron chi connectivity index (χ4n) is 0.109. The van der Waals surface area contributed by atoms with Gasteiger partial charge in [0, 0.05) is 0 Å². The third-order valence-electron chi connectivity index (χ3n) is 0.436. The van der Waals surface area contributed by atoms with Crippen LogP contribution in [0, 0.1) is 0 Å². The molecule has 0 nitrogen and oxygen atoms in total. The summed E-state index contributed by atoms with van der Waals surface area (Å²) in [6.45, 7) is 0. The molecule has 0 unspecified atom stereocenters. The van der Waals surface area contributed by atoms with Gasteiger partial charge in [-0.05, 0) is 10.8 Å². The van der Waals surface area contributed by atoms with Crippen LogP contribution in [-0.2, 0) is 0 Å². The molecule has 0 fully saturated rings. The first-order chi connectivity index (χ1) is 2.00. The van der Waals surface area contributed by atoms with Crippen molar-refractivity contribution < 1.29 is 0 Å². The lowest BCUT2D eigenvalue weighted by Crippen LogP contribution is -1.81. The Morgan fingerprint density at radius 1 is 1.75 bits per heavy atom. The first-order valence-electron chi connectivity index (χ1n) is 1.39. The maximum atomic E-state index is 2.42. The van der Waals surface area contributed by atoms with E-state index in [2.05, 4.69) is 4.01 Å². The second kappa shape index (κ2) is 1.15. The number of halogens is 1. The van der Waals surface area contributed by atoms with Gasteiger partial charge in [-0.1, -0.05) is 4.01 Å². The molecule has 0 aromatic heterocycles. The smallest absolute Gasteiger partial charge is 0.00163 e. The van der Waals surface area contributed by atoms with Crippen molar-refractivity contribution in [3.8, 4) is 0 Å². The predicted octanol–water partition coefficient (Wildman–Crippen LogP) is 1.16. The van der Waals surface area contributed by atoms with Crippen molar-refractivity contribution in [2.75, 3.05) is 4.43 Å². The molecule has 0 aromatic rings. The zero-order valence-electron chi connectivity index (χ0n) is 2.37. The summed E-state index contributed by atoms with van der Waals surface area (Å²) in [6.07, 6.45) is 1.42. The molecule has 0 atom stereocenters. The summed E-state index contributed by atoms with van der Waals surface area (Å²) in [7, 11) is 0. The molecule has 0 saturated heterocycles. The maximum Gasteiger partial charge on any atom is -0.00163 e. The van der Waals surface area contributed by atoms with Crippen LogP contribution in [0.3, 0.4) is 0 Å². The van der Waals surface area contributed by atoms with Crippen LogP contribution < -0.4 is 0 Å². The Kier molecular flexibility index (Phi) is 0.810. The minimum atomic E-state index is 0.666. The molecule has 1 aliphatic heterocycles. The Morgan fingerprint density at radius 3 is 2.00 bits per heavy atom. The third kappa shape index (κ3) is 0.315. The molecule has 0 aliphatic carbocycles. The van der Waals surface area contributed by atoms with Crippen LogP contribution in [0.4, 0.5) is 0 Å². The fraction of sp³-hybridized carbons (Fsp3) is 0.667. The topological polar surface area (TPSA) is 0 Å². The maximum absolute atomic E-state index is 2.42. The average Bonchev–Trinajstić information content (AvgIpc) is 0.722. The summed E-state index contributed by atoms with van der Waals surface area (Å²) in [5.74, 6) is 0. The predicted molar refractivity (Wildman–Crippen MR) is 29.6 cm³/mol. The lowest BCUT2D eigenvalue weighted by molar-refractivity contribution is 1.41. The van der Waals surface area contributed by atoms with E-state index in [-0.39, 0.29) is 0 Å². The summed E-state index contributed by atoms with van der Waals surface area (Å²) in [6, 6.07) is 0. The van der Waals surface area contributed by atoms with Crippen molar-refractivity contribution in [1.29, 1.82) is 0 Å². The van der Waals surface area contributed by atoms with Gasteiger partial charge in [-0.3, -0.25) is 0 Å². The van der Waals surface area contributed by atoms with Crippen LogP contribution in [0.2, 0.25) is 0 Å². The summed E-state index contributed by atoms with van der Waals surface area (Å²) in [4.78, 5) is 0. The summed E-state index contributed by atoms with van der Waals surface area (Å²) in [5.41, 5.74) is 0. The van der Waals surface area contributed by atoms with E-state index in [1.807, 2.05) is 0 Å². The van der Waals surface area contributed by atoms with E-state index in [1.54, 1.807) is 4.43 Å². The molecule has 0 radical (unpaired) electrons. The molecule has 1 heterocycles. The Balaban J connectivity index is 2.47. The Hall–Kier alpha value is 0.600. The SMILES string of the molecule is C1=ICC1. The van der Waals surface area contributed by atoms with E-state index >= 15 is 0 Å². The minimum Gasteiger partial charge on any atom is -0.127 e. The van der Waals surface area contributed by atoms with Crippen molar-refractivity contribution >= 4 is 24.7 Å². The van der Waals surface area contributed by atoms with Crippen LogP contribution >= 0.6 is 20.7 Å². The number of hydrogen-bond donors (Lipinski definition) is 0. The van der Waals surface area contributed by atoms with Crippen LogP contribution in [0.5, 0.6) is 0 Å². The normalized spacial score (nSPS) is 22.0. The monoisotopic (exact) mass is 168 g/mol. The first-order valence-corrected chi connectivity index (χ1v) is 4.16. The molecular weight excluding hydrogens is 163 g/mol. The fourth-order valence-corrected chi connectivity index (χ4v) is 0.732. The van der Waals surface area contributed by atoms with Gasteiger partial charge in [0.1, 0.15) is 0 Å². The van der Waals surface area contributed by atoms with E-state index in [0.29, 0.717) is 20.7 Å². The number of rotatable bonds is 0. The second-order valence-corrected chi connectivity index (χ2v) is 3.63. The van der Waals surface area contributed by atoms with Gasteiger partial charge in [0.15, 0.2) is 0 Å². The lowest BCUT2D eigenvalue weighted by atomic mass is 10.6. The molecule has 4 heavy (non-hydrogen) atoms. The highest BCUT2D eigenvalue weighted by Gasteiger charge is 1.82.